The summed E-state index contributed by atoms with van der Waals surface area (Å²) in [5.74, 6) is 0.760. The Bertz CT molecular complexity index is 681. The fraction of sp³-hybridized carbons (Fsp3) is 0.357. The zero-order valence-corrected chi connectivity index (χ0v) is 13.7. The average molecular weight is 325 g/mol. The van der Waals surface area contributed by atoms with Gasteiger partial charge < -0.3 is 4.57 Å². The van der Waals surface area contributed by atoms with Crippen LogP contribution in [0.5, 0.6) is 0 Å². The molecule has 1 aromatic heterocycles. The maximum absolute atomic E-state index is 11.3. The smallest absolute Gasteiger partial charge is 0.211 e. The Morgan fingerprint density at radius 3 is 2.67 bits per heavy atom. The fourth-order valence-corrected chi connectivity index (χ4v) is 3.40. The van der Waals surface area contributed by atoms with Gasteiger partial charge in [0.1, 0.15) is 0 Å². The summed E-state index contributed by atoms with van der Waals surface area (Å²) < 4.78 is 27.2. The number of nitrogens with one attached hydrogen (secondary N) is 1. The molecule has 21 heavy (non-hydrogen) atoms. The van der Waals surface area contributed by atoms with E-state index in [1.807, 2.05) is 48.1 Å². The first-order valence-corrected chi connectivity index (χ1v) is 9.34. The van der Waals surface area contributed by atoms with Crippen molar-refractivity contribution in [3.8, 4) is 11.3 Å². The third kappa shape index (κ3) is 4.33. The van der Waals surface area contributed by atoms with Gasteiger partial charge in [-0.25, -0.2) is 18.1 Å². The predicted octanol–water partition coefficient (Wildman–Crippen LogP) is 2.12. The van der Waals surface area contributed by atoms with Gasteiger partial charge in [0.15, 0.2) is 5.16 Å². The van der Waals surface area contributed by atoms with Crippen LogP contribution in [0.25, 0.3) is 11.3 Å². The number of rotatable bonds is 7. The summed E-state index contributed by atoms with van der Waals surface area (Å²) in [7, 11) is -1.15. The average Bonchev–Trinajstić information content (AvgIpc) is 2.86. The number of imidazole rings is 1. The van der Waals surface area contributed by atoms with Crippen LogP contribution in [0.3, 0.4) is 0 Å². The Labute approximate surface area is 129 Å². The summed E-state index contributed by atoms with van der Waals surface area (Å²) in [4.78, 5) is 4.39. The van der Waals surface area contributed by atoms with Gasteiger partial charge in [0.05, 0.1) is 17.6 Å². The molecule has 1 aromatic carbocycles. The van der Waals surface area contributed by atoms with Crippen LogP contribution >= 0.6 is 11.8 Å². The third-order valence-corrected chi connectivity index (χ3v) is 5.50. The van der Waals surface area contributed by atoms with E-state index in [1.165, 1.54) is 11.8 Å². The van der Waals surface area contributed by atoms with E-state index in [9.17, 15) is 8.42 Å². The molecular weight excluding hydrogens is 306 g/mol. The SMILES string of the molecule is CCS(=O)(=O)NCCSc1ncc(-c2ccccc2)n1C. The van der Waals surface area contributed by atoms with Crippen molar-refractivity contribution in [3.63, 3.8) is 0 Å². The Morgan fingerprint density at radius 2 is 2.00 bits per heavy atom. The fourth-order valence-electron chi connectivity index (χ4n) is 1.85. The van der Waals surface area contributed by atoms with E-state index in [1.54, 1.807) is 6.92 Å². The minimum Gasteiger partial charge on any atom is -0.322 e. The van der Waals surface area contributed by atoms with Crippen LogP contribution in [0.4, 0.5) is 0 Å². The normalized spacial score (nSPS) is 11.7. The molecule has 5 nitrogen and oxygen atoms in total. The van der Waals surface area contributed by atoms with Gasteiger partial charge in [-0.2, -0.15) is 0 Å². The molecule has 0 bridgehead atoms. The first kappa shape index (κ1) is 16.1. The molecule has 114 valence electrons. The molecule has 0 unspecified atom stereocenters. The Hall–Kier alpha value is -1.31. The molecule has 1 heterocycles. The number of sulfonamides is 1. The molecule has 0 spiro atoms. The monoisotopic (exact) mass is 325 g/mol. The lowest BCUT2D eigenvalue weighted by Gasteiger charge is -2.06. The summed E-state index contributed by atoms with van der Waals surface area (Å²) >= 11 is 1.54. The van der Waals surface area contributed by atoms with Gasteiger partial charge in [-0.15, -0.1) is 0 Å². The highest BCUT2D eigenvalue weighted by Gasteiger charge is 2.09. The van der Waals surface area contributed by atoms with Crippen LogP contribution in [0, 0.1) is 0 Å². The number of hydrogen-bond donors (Lipinski definition) is 1. The van der Waals surface area contributed by atoms with Crippen LogP contribution in [-0.2, 0) is 17.1 Å². The zero-order valence-electron chi connectivity index (χ0n) is 12.1. The van der Waals surface area contributed by atoms with Gasteiger partial charge in [0.25, 0.3) is 0 Å². The van der Waals surface area contributed by atoms with Crippen molar-refractivity contribution in [3.05, 3.63) is 36.5 Å². The molecule has 0 saturated heterocycles. The molecule has 0 radical (unpaired) electrons. The summed E-state index contributed by atoms with van der Waals surface area (Å²) in [6.45, 7) is 2.04. The van der Waals surface area contributed by atoms with Crippen LogP contribution in [-0.4, -0.2) is 36.0 Å². The van der Waals surface area contributed by atoms with Gasteiger partial charge in [-0.05, 0) is 12.5 Å². The molecule has 0 amide bonds. The Kier molecular flexibility index (Phi) is 5.44. The molecule has 1 N–H and O–H groups in total. The van der Waals surface area contributed by atoms with Crippen LogP contribution in [0.15, 0.2) is 41.7 Å². The van der Waals surface area contributed by atoms with Crippen LogP contribution in [0.2, 0.25) is 0 Å². The Balaban J connectivity index is 1.96. The molecule has 0 aliphatic rings. The zero-order chi connectivity index (χ0) is 15.3. The lowest BCUT2D eigenvalue weighted by molar-refractivity contribution is 0.585. The van der Waals surface area contributed by atoms with Gasteiger partial charge in [-0.3, -0.25) is 0 Å². The lowest BCUT2D eigenvalue weighted by atomic mass is 10.2. The van der Waals surface area contributed by atoms with Crippen molar-refractivity contribution in [1.82, 2.24) is 14.3 Å². The van der Waals surface area contributed by atoms with Crippen molar-refractivity contribution >= 4 is 21.8 Å². The summed E-state index contributed by atoms with van der Waals surface area (Å²) in [6.07, 6.45) is 1.84. The van der Waals surface area contributed by atoms with Gasteiger partial charge in [0.2, 0.25) is 10.0 Å². The van der Waals surface area contributed by atoms with Crippen molar-refractivity contribution in [2.45, 2.75) is 12.1 Å². The topological polar surface area (TPSA) is 64.0 Å². The minimum atomic E-state index is -3.11. The van der Waals surface area contributed by atoms with Crippen LogP contribution < -0.4 is 4.72 Å². The number of hydrogen-bond acceptors (Lipinski definition) is 4. The van der Waals surface area contributed by atoms with Crippen molar-refractivity contribution < 1.29 is 8.42 Å². The second-order valence-electron chi connectivity index (χ2n) is 4.50. The predicted molar refractivity (Wildman–Crippen MR) is 86.8 cm³/mol. The molecule has 2 rings (SSSR count). The van der Waals surface area contributed by atoms with E-state index < -0.39 is 10.0 Å². The van der Waals surface area contributed by atoms with E-state index in [0.717, 1.165) is 16.4 Å². The summed E-state index contributed by atoms with van der Waals surface area (Å²) in [5.41, 5.74) is 2.17. The molecule has 0 fully saturated rings. The molecule has 0 atom stereocenters. The standard InChI is InChI=1S/C14H19N3O2S2/c1-3-21(18,19)16-9-10-20-14-15-11-13(17(14)2)12-7-5-4-6-8-12/h4-8,11,16H,3,9-10H2,1-2H3. The number of thioether (sulfide) groups is 1. The molecule has 2 aromatic rings. The van der Waals surface area contributed by atoms with E-state index >= 15 is 0 Å². The van der Waals surface area contributed by atoms with Crippen molar-refractivity contribution in [2.24, 2.45) is 7.05 Å². The van der Waals surface area contributed by atoms with Gasteiger partial charge >= 0.3 is 0 Å². The highest BCUT2D eigenvalue weighted by atomic mass is 32.2. The highest BCUT2D eigenvalue weighted by molar-refractivity contribution is 7.99. The van der Waals surface area contributed by atoms with Crippen molar-refractivity contribution in [1.29, 1.82) is 0 Å². The quantitative estimate of drug-likeness (QED) is 0.625. The lowest BCUT2D eigenvalue weighted by Crippen LogP contribution is -2.27. The first-order valence-electron chi connectivity index (χ1n) is 6.71. The van der Waals surface area contributed by atoms with E-state index in [2.05, 4.69) is 9.71 Å². The summed E-state index contributed by atoms with van der Waals surface area (Å²) in [6, 6.07) is 10.1. The first-order chi connectivity index (χ1) is 10.0. The number of benzene rings is 1. The van der Waals surface area contributed by atoms with E-state index in [-0.39, 0.29) is 5.75 Å². The van der Waals surface area contributed by atoms with E-state index in [0.29, 0.717) is 12.3 Å². The highest BCUT2D eigenvalue weighted by Crippen LogP contribution is 2.24. The second-order valence-corrected chi connectivity index (χ2v) is 7.65. The largest absolute Gasteiger partial charge is 0.322 e. The van der Waals surface area contributed by atoms with Crippen LogP contribution in [0.1, 0.15) is 6.92 Å². The maximum atomic E-state index is 11.3. The molecule has 0 saturated carbocycles. The number of aromatic nitrogens is 2. The van der Waals surface area contributed by atoms with Gasteiger partial charge in [-0.1, -0.05) is 42.1 Å². The third-order valence-electron chi connectivity index (χ3n) is 3.05. The van der Waals surface area contributed by atoms with Crippen molar-refractivity contribution in [2.75, 3.05) is 18.1 Å². The number of nitrogens with zero attached hydrogens (tertiary/aromatic N) is 2. The molecular formula is C14H19N3O2S2. The van der Waals surface area contributed by atoms with Gasteiger partial charge in [0, 0.05) is 19.3 Å². The summed E-state index contributed by atoms with van der Waals surface area (Å²) in [5, 5.41) is 0.879. The molecule has 7 heteroatoms. The molecule has 0 aliphatic heterocycles. The van der Waals surface area contributed by atoms with E-state index in [4.69, 9.17) is 0 Å². The maximum Gasteiger partial charge on any atom is 0.211 e. The second kappa shape index (κ2) is 7.11. The molecule has 0 aliphatic carbocycles. The Morgan fingerprint density at radius 1 is 1.29 bits per heavy atom. The minimum absolute atomic E-state index is 0.109.